The van der Waals surface area contributed by atoms with E-state index in [1.165, 1.54) is 5.56 Å². The molecule has 0 unspecified atom stereocenters. The number of aromatic nitrogens is 1. The van der Waals surface area contributed by atoms with Crippen LogP contribution in [0.1, 0.15) is 31.0 Å². The molecule has 2 nitrogen and oxygen atoms in total. The molecule has 2 rings (SSSR count). The Morgan fingerprint density at radius 1 is 1.20 bits per heavy atom. The number of aryl methyl sites for hydroxylation is 1. The molecule has 0 aliphatic rings. The number of hydrogen-bond donors (Lipinski definition) is 1. The van der Waals surface area contributed by atoms with E-state index in [9.17, 15) is 0 Å². The van der Waals surface area contributed by atoms with Gasteiger partial charge in [0.25, 0.3) is 0 Å². The minimum absolute atomic E-state index is 0.523. The molecule has 1 heterocycles. The highest BCUT2D eigenvalue weighted by Crippen LogP contribution is 2.24. The Hall–Kier alpha value is -1.57. The zero-order valence-corrected chi connectivity index (χ0v) is 9.41. The third-order valence-electron chi connectivity index (χ3n) is 2.66. The second-order valence-electron chi connectivity index (χ2n) is 4.28. The summed E-state index contributed by atoms with van der Waals surface area (Å²) in [6.45, 7) is 6.32. The van der Waals surface area contributed by atoms with Gasteiger partial charge in [-0.25, -0.2) is 0 Å². The number of rotatable bonds is 1. The molecule has 0 spiro atoms. The number of fused-ring (bicyclic) bond motifs is 1. The first-order valence-electron chi connectivity index (χ1n) is 5.24. The molecule has 15 heavy (non-hydrogen) atoms. The van der Waals surface area contributed by atoms with Gasteiger partial charge < -0.3 is 5.73 Å². The van der Waals surface area contributed by atoms with E-state index in [1.807, 2.05) is 19.1 Å². The lowest BCUT2D eigenvalue weighted by molar-refractivity contribution is 0.868. The van der Waals surface area contributed by atoms with Crippen molar-refractivity contribution >= 4 is 16.6 Å². The van der Waals surface area contributed by atoms with Crippen molar-refractivity contribution in [1.29, 1.82) is 0 Å². The van der Waals surface area contributed by atoms with Gasteiger partial charge in [-0.05, 0) is 36.6 Å². The van der Waals surface area contributed by atoms with Crippen molar-refractivity contribution in [1.82, 2.24) is 4.98 Å². The van der Waals surface area contributed by atoms with Crippen molar-refractivity contribution in [2.75, 3.05) is 5.73 Å². The van der Waals surface area contributed by atoms with Crippen LogP contribution in [0, 0.1) is 6.92 Å². The Morgan fingerprint density at radius 3 is 2.60 bits per heavy atom. The van der Waals surface area contributed by atoms with E-state index in [4.69, 9.17) is 5.73 Å². The molecule has 0 aliphatic carbocycles. The third kappa shape index (κ3) is 1.80. The molecule has 78 valence electrons. The van der Waals surface area contributed by atoms with E-state index in [2.05, 4.69) is 31.0 Å². The van der Waals surface area contributed by atoms with Crippen LogP contribution in [0.2, 0.25) is 0 Å². The maximum absolute atomic E-state index is 5.99. The first-order chi connectivity index (χ1) is 7.08. The number of anilines is 1. The minimum Gasteiger partial charge on any atom is -0.398 e. The van der Waals surface area contributed by atoms with Crippen LogP contribution in [0.5, 0.6) is 0 Å². The molecule has 1 aromatic heterocycles. The van der Waals surface area contributed by atoms with E-state index < -0.39 is 0 Å². The van der Waals surface area contributed by atoms with Gasteiger partial charge in [-0.3, -0.25) is 4.98 Å². The molecule has 0 amide bonds. The highest BCUT2D eigenvalue weighted by atomic mass is 14.7. The Morgan fingerprint density at radius 2 is 1.93 bits per heavy atom. The van der Waals surface area contributed by atoms with Crippen LogP contribution in [-0.2, 0) is 0 Å². The maximum atomic E-state index is 5.99. The van der Waals surface area contributed by atoms with E-state index in [-0.39, 0.29) is 0 Å². The molecule has 2 N–H and O–H groups in total. The van der Waals surface area contributed by atoms with Crippen molar-refractivity contribution in [3.05, 3.63) is 35.5 Å². The van der Waals surface area contributed by atoms with E-state index in [1.54, 1.807) is 0 Å². The van der Waals surface area contributed by atoms with E-state index in [0.29, 0.717) is 5.92 Å². The summed E-state index contributed by atoms with van der Waals surface area (Å²) in [5.74, 6) is 0.523. The van der Waals surface area contributed by atoms with Gasteiger partial charge in [-0.1, -0.05) is 19.9 Å². The summed E-state index contributed by atoms with van der Waals surface area (Å²) in [4.78, 5) is 4.46. The lowest BCUT2D eigenvalue weighted by Crippen LogP contribution is -1.94. The monoisotopic (exact) mass is 200 g/mol. The predicted molar refractivity (Wildman–Crippen MR) is 65.0 cm³/mol. The molecule has 0 saturated carbocycles. The van der Waals surface area contributed by atoms with E-state index >= 15 is 0 Å². The predicted octanol–water partition coefficient (Wildman–Crippen LogP) is 3.25. The summed E-state index contributed by atoms with van der Waals surface area (Å²) in [6.07, 6.45) is 0. The Bertz CT molecular complexity index is 501. The van der Waals surface area contributed by atoms with Crippen molar-refractivity contribution in [3.8, 4) is 0 Å². The third-order valence-corrected chi connectivity index (χ3v) is 2.66. The normalized spacial score (nSPS) is 11.2. The van der Waals surface area contributed by atoms with Gasteiger partial charge >= 0.3 is 0 Å². The highest BCUT2D eigenvalue weighted by molar-refractivity contribution is 5.90. The number of nitrogens with two attached hydrogens (primary N) is 1. The molecule has 0 aliphatic heterocycles. The lowest BCUT2D eigenvalue weighted by Gasteiger charge is -2.08. The molecule has 0 saturated heterocycles. The molecule has 0 atom stereocenters. The first kappa shape index (κ1) is 9.97. The van der Waals surface area contributed by atoms with Crippen LogP contribution in [-0.4, -0.2) is 4.98 Å². The summed E-state index contributed by atoms with van der Waals surface area (Å²) >= 11 is 0. The average molecular weight is 200 g/mol. The van der Waals surface area contributed by atoms with Gasteiger partial charge in [0.2, 0.25) is 0 Å². The molecule has 2 heteroatoms. The molecule has 0 bridgehead atoms. The smallest absolute Gasteiger partial charge is 0.0726 e. The van der Waals surface area contributed by atoms with Crippen LogP contribution >= 0.6 is 0 Å². The lowest BCUT2D eigenvalue weighted by atomic mass is 10.0. The van der Waals surface area contributed by atoms with Crippen LogP contribution in [0.25, 0.3) is 10.9 Å². The molecule has 2 aromatic rings. The molecule has 1 aromatic carbocycles. The van der Waals surface area contributed by atoms with Gasteiger partial charge in [0, 0.05) is 16.8 Å². The number of hydrogen-bond acceptors (Lipinski definition) is 2. The Kier molecular flexibility index (Phi) is 2.35. The van der Waals surface area contributed by atoms with Crippen LogP contribution in [0.3, 0.4) is 0 Å². The average Bonchev–Trinajstić information content (AvgIpc) is 2.16. The fraction of sp³-hybridized carbons (Fsp3) is 0.308. The summed E-state index contributed by atoms with van der Waals surface area (Å²) in [6, 6.07) is 8.24. The molecular weight excluding hydrogens is 184 g/mol. The van der Waals surface area contributed by atoms with Crippen LogP contribution in [0.15, 0.2) is 24.3 Å². The summed E-state index contributed by atoms with van der Waals surface area (Å²) in [7, 11) is 0. The highest BCUT2D eigenvalue weighted by Gasteiger charge is 2.04. The van der Waals surface area contributed by atoms with E-state index in [0.717, 1.165) is 22.3 Å². The topological polar surface area (TPSA) is 38.9 Å². The van der Waals surface area contributed by atoms with Gasteiger partial charge in [-0.15, -0.1) is 0 Å². The van der Waals surface area contributed by atoms with Crippen molar-refractivity contribution in [3.63, 3.8) is 0 Å². The van der Waals surface area contributed by atoms with Crippen molar-refractivity contribution in [2.45, 2.75) is 26.7 Å². The fourth-order valence-corrected chi connectivity index (χ4v) is 1.77. The van der Waals surface area contributed by atoms with Crippen molar-refractivity contribution in [2.24, 2.45) is 0 Å². The Balaban J connectivity index is 2.71. The molecule has 0 fully saturated rings. The van der Waals surface area contributed by atoms with Crippen LogP contribution in [0.4, 0.5) is 5.69 Å². The fourth-order valence-electron chi connectivity index (χ4n) is 1.77. The zero-order valence-electron chi connectivity index (χ0n) is 9.41. The minimum atomic E-state index is 0.523. The molecule has 0 radical (unpaired) electrons. The van der Waals surface area contributed by atoms with Gasteiger partial charge in [-0.2, -0.15) is 0 Å². The maximum Gasteiger partial charge on any atom is 0.0726 e. The van der Waals surface area contributed by atoms with Gasteiger partial charge in [0.15, 0.2) is 0 Å². The summed E-state index contributed by atoms with van der Waals surface area (Å²) < 4.78 is 0. The SMILES string of the molecule is Cc1cc(N)c2cc(C(C)C)ccc2n1. The quantitative estimate of drug-likeness (QED) is 0.767. The second kappa shape index (κ2) is 3.54. The number of pyridine rings is 1. The van der Waals surface area contributed by atoms with Gasteiger partial charge in [0.1, 0.15) is 0 Å². The zero-order chi connectivity index (χ0) is 11.0. The first-order valence-corrected chi connectivity index (χ1v) is 5.24. The number of nitrogen functional groups attached to an aromatic ring is 1. The Labute approximate surface area is 90.1 Å². The van der Waals surface area contributed by atoms with Crippen LogP contribution < -0.4 is 5.73 Å². The largest absolute Gasteiger partial charge is 0.398 e. The number of benzene rings is 1. The summed E-state index contributed by atoms with van der Waals surface area (Å²) in [5.41, 5.74) is 10.1. The number of nitrogens with zero attached hydrogens (tertiary/aromatic N) is 1. The second-order valence-corrected chi connectivity index (χ2v) is 4.28. The van der Waals surface area contributed by atoms with Crippen molar-refractivity contribution < 1.29 is 0 Å². The summed E-state index contributed by atoms with van der Waals surface area (Å²) in [5, 5.41) is 1.06. The molecular formula is C13H16N2. The standard InChI is InChI=1S/C13H16N2/c1-8(2)10-4-5-13-11(7-10)12(14)6-9(3)15-13/h4-8H,1-3H3,(H2,14,15). The van der Waals surface area contributed by atoms with Gasteiger partial charge in [0.05, 0.1) is 5.52 Å².